The standard InChI is InChI=1S/C33H66O16/c1-2-4-35-6-8-37-10-12-39-14-16-41-18-20-43-22-24-45-26-28-47-30-32-49-33-31-48-29-27-46-25-23-44-21-19-42-17-15-40-13-11-38-9-7-36-5-3-34/h2,34H,1,3-33H2. The monoisotopic (exact) mass is 718 g/mol. The SMILES string of the molecule is C=CCOCCOCCOCCOCCOCCOCCOCCOCCOCCOCCOCCOCCOCCOCCOCCO. The first-order chi connectivity index (χ1) is 24.4. The molecule has 0 saturated carbocycles. The molecule has 16 heteroatoms. The van der Waals surface area contributed by atoms with Crippen LogP contribution in [-0.4, -0.2) is 210 Å². The minimum absolute atomic E-state index is 0.0229. The Morgan fingerprint density at radius 3 is 0.531 bits per heavy atom. The molecule has 0 fully saturated rings. The van der Waals surface area contributed by atoms with Gasteiger partial charge in [0.2, 0.25) is 0 Å². The van der Waals surface area contributed by atoms with Crippen molar-refractivity contribution in [1.82, 2.24) is 0 Å². The van der Waals surface area contributed by atoms with Crippen LogP contribution in [0.1, 0.15) is 0 Å². The molecule has 0 aliphatic rings. The molecule has 0 spiro atoms. The zero-order valence-electron chi connectivity index (χ0n) is 29.8. The van der Waals surface area contributed by atoms with E-state index in [0.29, 0.717) is 198 Å². The minimum atomic E-state index is 0.0229. The molecule has 0 heterocycles. The van der Waals surface area contributed by atoms with Crippen LogP contribution >= 0.6 is 0 Å². The zero-order chi connectivity index (χ0) is 35.2. The van der Waals surface area contributed by atoms with E-state index in [1.54, 1.807) is 6.08 Å². The van der Waals surface area contributed by atoms with Crippen molar-refractivity contribution in [2.75, 3.05) is 205 Å². The first-order valence-corrected chi connectivity index (χ1v) is 17.3. The van der Waals surface area contributed by atoms with Crippen molar-refractivity contribution < 1.29 is 76.2 Å². The molecule has 0 saturated heterocycles. The topological polar surface area (TPSA) is 159 Å². The van der Waals surface area contributed by atoms with E-state index in [9.17, 15) is 0 Å². The molecule has 0 radical (unpaired) electrons. The van der Waals surface area contributed by atoms with Crippen molar-refractivity contribution in [3.63, 3.8) is 0 Å². The Balaban J connectivity index is 3.04. The Morgan fingerprint density at radius 2 is 0.388 bits per heavy atom. The highest BCUT2D eigenvalue weighted by Gasteiger charge is 1.97. The second-order valence-corrected chi connectivity index (χ2v) is 9.66. The number of aliphatic hydroxyl groups excluding tert-OH is 1. The summed E-state index contributed by atoms with van der Waals surface area (Å²) < 4.78 is 81.0. The predicted molar refractivity (Wildman–Crippen MR) is 180 cm³/mol. The first kappa shape index (κ1) is 48.1. The summed E-state index contributed by atoms with van der Waals surface area (Å²) in [7, 11) is 0. The third kappa shape index (κ3) is 47.1. The van der Waals surface area contributed by atoms with Gasteiger partial charge in [-0.1, -0.05) is 6.08 Å². The summed E-state index contributed by atoms with van der Waals surface area (Å²) in [6.07, 6.45) is 1.71. The van der Waals surface area contributed by atoms with Crippen LogP contribution in [0.15, 0.2) is 12.7 Å². The minimum Gasteiger partial charge on any atom is -0.394 e. The van der Waals surface area contributed by atoms with Gasteiger partial charge in [-0.25, -0.2) is 0 Å². The van der Waals surface area contributed by atoms with Gasteiger partial charge in [-0.3, -0.25) is 0 Å². The molecule has 294 valence electrons. The Bertz CT molecular complexity index is 593. The van der Waals surface area contributed by atoms with E-state index < -0.39 is 0 Å². The molecule has 0 bridgehead atoms. The van der Waals surface area contributed by atoms with Gasteiger partial charge < -0.3 is 76.2 Å². The Hall–Kier alpha value is -0.900. The van der Waals surface area contributed by atoms with Crippen LogP contribution < -0.4 is 0 Å². The highest BCUT2D eigenvalue weighted by Crippen LogP contribution is 1.88. The second kappa shape index (κ2) is 47.1. The van der Waals surface area contributed by atoms with Crippen molar-refractivity contribution in [2.24, 2.45) is 0 Å². The van der Waals surface area contributed by atoms with Crippen molar-refractivity contribution in [2.45, 2.75) is 0 Å². The highest BCUT2D eigenvalue weighted by atomic mass is 16.6. The lowest BCUT2D eigenvalue weighted by Gasteiger charge is -2.09. The van der Waals surface area contributed by atoms with Gasteiger partial charge in [0, 0.05) is 0 Å². The summed E-state index contributed by atoms with van der Waals surface area (Å²) in [6, 6.07) is 0. The molecule has 1 N–H and O–H groups in total. The van der Waals surface area contributed by atoms with Crippen LogP contribution in [-0.2, 0) is 71.1 Å². The van der Waals surface area contributed by atoms with Gasteiger partial charge in [-0.15, -0.1) is 6.58 Å². The third-order valence-corrected chi connectivity index (χ3v) is 5.68. The van der Waals surface area contributed by atoms with E-state index in [0.717, 1.165) is 0 Å². The number of rotatable bonds is 46. The van der Waals surface area contributed by atoms with Gasteiger partial charge in [0.05, 0.1) is 205 Å². The average molecular weight is 719 g/mol. The Labute approximate surface area is 293 Å². The van der Waals surface area contributed by atoms with Gasteiger partial charge in [-0.05, 0) is 0 Å². The van der Waals surface area contributed by atoms with Gasteiger partial charge >= 0.3 is 0 Å². The fourth-order valence-corrected chi connectivity index (χ4v) is 3.31. The quantitative estimate of drug-likeness (QED) is 0.0681. The fourth-order valence-electron chi connectivity index (χ4n) is 3.31. The van der Waals surface area contributed by atoms with Crippen molar-refractivity contribution in [3.05, 3.63) is 12.7 Å². The maximum Gasteiger partial charge on any atom is 0.0704 e. The number of hydrogen-bond acceptors (Lipinski definition) is 16. The maximum absolute atomic E-state index is 8.58. The summed E-state index contributed by atoms with van der Waals surface area (Å²) in [6.45, 7) is 18.7. The highest BCUT2D eigenvalue weighted by molar-refractivity contribution is 4.63. The van der Waals surface area contributed by atoms with Crippen LogP contribution in [0.5, 0.6) is 0 Å². The van der Waals surface area contributed by atoms with Gasteiger partial charge in [0.25, 0.3) is 0 Å². The van der Waals surface area contributed by atoms with Crippen molar-refractivity contribution in [3.8, 4) is 0 Å². The first-order valence-electron chi connectivity index (χ1n) is 17.3. The van der Waals surface area contributed by atoms with E-state index in [1.807, 2.05) is 0 Å². The Kier molecular flexibility index (Phi) is 46.2. The van der Waals surface area contributed by atoms with Crippen LogP contribution in [0.3, 0.4) is 0 Å². The molecule has 0 aromatic carbocycles. The van der Waals surface area contributed by atoms with Crippen molar-refractivity contribution >= 4 is 0 Å². The van der Waals surface area contributed by atoms with E-state index >= 15 is 0 Å². The fraction of sp³-hybridized carbons (Fsp3) is 0.939. The number of ether oxygens (including phenoxy) is 15. The van der Waals surface area contributed by atoms with E-state index in [1.165, 1.54) is 0 Å². The average Bonchev–Trinajstić information content (AvgIpc) is 3.11. The lowest BCUT2D eigenvalue weighted by Crippen LogP contribution is -2.15. The summed E-state index contributed by atoms with van der Waals surface area (Å²) >= 11 is 0. The Morgan fingerprint density at radius 1 is 0.245 bits per heavy atom. The zero-order valence-corrected chi connectivity index (χ0v) is 29.8. The lowest BCUT2D eigenvalue weighted by atomic mass is 10.6. The molecule has 0 rings (SSSR count). The predicted octanol–water partition coefficient (Wildman–Crippen LogP) is 0.414. The molecule has 0 aromatic rings. The molecule has 0 aliphatic heterocycles. The lowest BCUT2D eigenvalue weighted by molar-refractivity contribution is -0.0300. The van der Waals surface area contributed by atoms with Crippen LogP contribution in [0.2, 0.25) is 0 Å². The van der Waals surface area contributed by atoms with E-state index in [4.69, 9.17) is 76.2 Å². The molecule has 49 heavy (non-hydrogen) atoms. The summed E-state index contributed by atoms with van der Waals surface area (Å²) in [5.74, 6) is 0. The molecule has 0 aliphatic carbocycles. The maximum atomic E-state index is 8.58. The third-order valence-electron chi connectivity index (χ3n) is 5.68. The van der Waals surface area contributed by atoms with Crippen LogP contribution in [0, 0.1) is 0 Å². The van der Waals surface area contributed by atoms with E-state index in [2.05, 4.69) is 6.58 Å². The summed E-state index contributed by atoms with van der Waals surface area (Å²) in [5.41, 5.74) is 0. The molecular weight excluding hydrogens is 652 g/mol. The molecule has 0 aromatic heterocycles. The normalized spacial score (nSPS) is 11.5. The number of hydrogen-bond donors (Lipinski definition) is 1. The van der Waals surface area contributed by atoms with Crippen LogP contribution in [0.25, 0.3) is 0 Å². The van der Waals surface area contributed by atoms with E-state index in [-0.39, 0.29) is 6.61 Å². The number of aliphatic hydroxyl groups is 1. The van der Waals surface area contributed by atoms with Gasteiger partial charge in [-0.2, -0.15) is 0 Å². The van der Waals surface area contributed by atoms with Crippen molar-refractivity contribution in [1.29, 1.82) is 0 Å². The summed E-state index contributed by atoms with van der Waals surface area (Å²) in [5, 5.41) is 8.58. The van der Waals surface area contributed by atoms with Crippen LogP contribution in [0.4, 0.5) is 0 Å². The second-order valence-electron chi connectivity index (χ2n) is 9.66. The van der Waals surface area contributed by atoms with Gasteiger partial charge in [0.1, 0.15) is 0 Å². The largest absolute Gasteiger partial charge is 0.394 e. The molecule has 0 amide bonds. The molecule has 16 nitrogen and oxygen atoms in total. The van der Waals surface area contributed by atoms with Gasteiger partial charge in [0.15, 0.2) is 0 Å². The smallest absolute Gasteiger partial charge is 0.0704 e. The molecule has 0 unspecified atom stereocenters. The molecule has 0 atom stereocenters. The summed E-state index contributed by atoms with van der Waals surface area (Å²) in [4.78, 5) is 0. The molecular formula is C33H66O16.